The van der Waals surface area contributed by atoms with Crippen LogP contribution in [-0.2, 0) is 22.7 Å². The molecule has 0 aliphatic heterocycles. The molecular weight excluding hydrogens is 176 g/mol. The van der Waals surface area contributed by atoms with Gasteiger partial charge in [0.2, 0.25) is 0 Å². The summed E-state index contributed by atoms with van der Waals surface area (Å²) < 4.78 is 22.3. The van der Waals surface area contributed by atoms with Crippen molar-refractivity contribution < 1.29 is 8.42 Å². The molecule has 1 aromatic heterocycles. The summed E-state index contributed by atoms with van der Waals surface area (Å²) in [4.78, 5) is 0. The standard InChI is InChI=1S/C7H10N2O2S/c1-12(10,11)7-5-3-2-4-6(5)8-9-7/h2-4H2,1H3,(H,8,9). The van der Waals surface area contributed by atoms with E-state index in [4.69, 9.17) is 0 Å². The monoisotopic (exact) mass is 186 g/mol. The lowest BCUT2D eigenvalue weighted by atomic mass is 10.3. The molecule has 0 atom stereocenters. The van der Waals surface area contributed by atoms with Crippen molar-refractivity contribution in [2.24, 2.45) is 0 Å². The SMILES string of the molecule is CS(=O)(=O)c1n[nH]c2c1CCC2. The molecule has 0 unspecified atom stereocenters. The molecule has 66 valence electrons. The van der Waals surface area contributed by atoms with Crippen LogP contribution in [0.2, 0.25) is 0 Å². The van der Waals surface area contributed by atoms with E-state index in [0.29, 0.717) is 0 Å². The fourth-order valence-electron chi connectivity index (χ4n) is 1.60. The van der Waals surface area contributed by atoms with Crippen molar-refractivity contribution in [3.63, 3.8) is 0 Å². The van der Waals surface area contributed by atoms with Crippen LogP contribution in [0.5, 0.6) is 0 Å². The van der Waals surface area contributed by atoms with Crippen molar-refractivity contribution in [3.8, 4) is 0 Å². The van der Waals surface area contributed by atoms with Crippen molar-refractivity contribution in [2.45, 2.75) is 24.3 Å². The fourth-order valence-corrected chi connectivity index (χ4v) is 2.48. The largest absolute Gasteiger partial charge is 0.281 e. The van der Waals surface area contributed by atoms with Gasteiger partial charge in [0, 0.05) is 17.5 Å². The van der Waals surface area contributed by atoms with E-state index in [1.807, 2.05) is 0 Å². The molecule has 1 N–H and O–H groups in total. The highest BCUT2D eigenvalue weighted by Crippen LogP contribution is 2.25. The third-order valence-electron chi connectivity index (χ3n) is 2.12. The summed E-state index contributed by atoms with van der Waals surface area (Å²) in [5.41, 5.74) is 1.90. The highest BCUT2D eigenvalue weighted by Gasteiger charge is 2.23. The maximum absolute atomic E-state index is 11.2. The molecule has 0 spiro atoms. The number of aryl methyl sites for hydroxylation is 1. The molecule has 0 amide bonds. The third-order valence-corrected chi connectivity index (χ3v) is 3.16. The van der Waals surface area contributed by atoms with Gasteiger partial charge in [-0.05, 0) is 19.3 Å². The van der Waals surface area contributed by atoms with Crippen molar-refractivity contribution in [1.29, 1.82) is 0 Å². The zero-order valence-corrected chi connectivity index (χ0v) is 7.61. The number of hydrogen-bond donors (Lipinski definition) is 1. The van der Waals surface area contributed by atoms with Gasteiger partial charge in [-0.1, -0.05) is 0 Å². The Labute approximate surface area is 70.9 Å². The maximum Gasteiger partial charge on any atom is 0.194 e. The first-order valence-corrected chi connectivity index (χ1v) is 5.74. The molecule has 0 aromatic carbocycles. The predicted molar refractivity (Wildman–Crippen MR) is 43.7 cm³/mol. The molecule has 4 nitrogen and oxygen atoms in total. The first kappa shape index (κ1) is 7.79. The molecule has 1 aliphatic carbocycles. The Morgan fingerprint density at radius 1 is 1.42 bits per heavy atom. The number of hydrogen-bond acceptors (Lipinski definition) is 3. The number of nitrogens with one attached hydrogen (secondary N) is 1. The van der Waals surface area contributed by atoms with Gasteiger partial charge in [0.05, 0.1) is 0 Å². The molecule has 1 aliphatic rings. The van der Waals surface area contributed by atoms with E-state index in [1.165, 1.54) is 6.26 Å². The van der Waals surface area contributed by atoms with E-state index >= 15 is 0 Å². The van der Waals surface area contributed by atoms with E-state index in [-0.39, 0.29) is 5.03 Å². The number of aromatic nitrogens is 2. The predicted octanol–water partition coefficient (Wildman–Crippen LogP) is 0.302. The number of fused-ring (bicyclic) bond motifs is 1. The van der Waals surface area contributed by atoms with Gasteiger partial charge >= 0.3 is 0 Å². The van der Waals surface area contributed by atoms with Gasteiger partial charge in [0.1, 0.15) is 0 Å². The number of aromatic amines is 1. The Morgan fingerprint density at radius 3 is 2.83 bits per heavy atom. The number of rotatable bonds is 1. The van der Waals surface area contributed by atoms with Crippen molar-refractivity contribution >= 4 is 9.84 Å². The van der Waals surface area contributed by atoms with Gasteiger partial charge in [-0.15, -0.1) is 0 Å². The molecule has 0 fully saturated rings. The average Bonchev–Trinajstić information content (AvgIpc) is 2.37. The minimum Gasteiger partial charge on any atom is -0.281 e. The molecule has 0 saturated carbocycles. The summed E-state index contributed by atoms with van der Waals surface area (Å²) in [6.07, 6.45) is 4.00. The first-order valence-electron chi connectivity index (χ1n) is 3.85. The zero-order valence-electron chi connectivity index (χ0n) is 6.79. The Morgan fingerprint density at radius 2 is 2.17 bits per heavy atom. The molecular formula is C7H10N2O2S. The lowest BCUT2D eigenvalue weighted by Gasteiger charge is -1.93. The van der Waals surface area contributed by atoms with Gasteiger partial charge in [-0.25, -0.2) is 8.42 Å². The van der Waals surface area contributed by atoms with E-state index < -0.39 is 9.84 Å². The lowest BCUT2D eigenvalue weighted by Crippen LogP contribution is -2.00. The van der Waals surface area contributed by atoms with Gasteiger partial charge < -0.3 is 0 Å². The average molecular weight is 186 g/mol. The van der Waals surface area contributed by atoms with Crippen LogP contribution in [0.4, 0.5) is 0 Å². The van der Waals surface area contributed by atoms with Crippen molar-refractivity contribution in [1.82, 2.24) is 10.2 Å². The van der Waals surface area contributed by atoms with Crippen LogP contribution >= 0.6 is 0 Å². The second-order valence-corrected chi connectivity index (χ2v) is 5.04. The molecule has 1 aromatic rings. The van der Waals surface area contributed by atoms with E-state index in [0.717, 1.165) is 30.5 Å². The number of H-pyrrole nitrogens is 1. The Hall–Kier alpha value is -0.840. The molecule has 12 heavy (non-hydrogen) atoms. The molecule has 0 saturated heterocycles. The molecule has 2 rings (SSSR count). The highest BCUT2D eigenvalue weighted by molar-refractivity contribution is 7.90. The quantitative estimate of drug-likeness (QED) is 0.686. The van der Waals surface area contributed by atoms with E-state index in [2.05, 4.69) is 10.2 Å². The lowest BCUT2D eigenvalue weighted by molar-refractivity contribution is 0.596. The summed E-state index contributed by atoms with van der Waals surface area (Å²) in [5.74, 6) is 0. The van der Waals surface area contributed by atoms with E-state index in [9.17, 15) is 8.42 Å². The summed E-state index contributed by atoms with van der Waals surface area (Å²) in [6.45, 7) is 0. The van der Waals surface area contributed by atoms with Crippen LogP contribution in [0.1, 0.15) is 17.7 Å². The van der Waals surface area contributed by atoms with Gasteiger partial charge in [-0.3, -0.25) is 5.10 Å². The summed E-state index contributed by atoms with van der Waals surface area (Å²) in [7, 11) is -3.13. The first-order chi connectivity index (χ1) is 5.59. The zero-order chi connectivity index (χ0) is 8.77. The van der Waals surface area contributed by atoms with Crippen LogP contribution in [0.3, 0.4) is 0 Å². The smallest absolute Gasteiger partial charge is 0.194 e. The van der Waals surface area contributed by atoms with Crippen LogP contribution in [0.25, 0.3) is 0 Å². The van der Waals surface area contributed by atoms with Crippen LogP contribution < -0.4 is 0 Å². The number of nitrogens with zero attached hydrogens (tertiary/aromatic N) is 1. The van der Waals surface area contributed by atoms with Gasteiger partial charge in [-0.2, -0.15) is 5.10 Å². The highest BCUT2D eigenvalue weighted by atomic mass is 32.2. The summed E-state index contributed by atoms with van der Waals surface area (Å²) >= 11 is 0. The Bertz CT molecular complexity index is 405. The maximum atomic E-state index is 11.2. The van der Waals surface area contributed by atoms with Crippen LogP contribution in [0.15, 0.2) is 5.03 Å². The second kappa shape index (κ2) is 2.32. The third kappa shape index (κ3) is 1.04. The molecule has 0 bridgehead atoms. The Kier molecular flexibility index (Phi) is 1.51. The molecule has 5 heteroatoms. The summed E-state index contributed by atoms with van der Waals surface area (Å²) in [6, 6.07) is 0. The van der Waals surface area contributed by atoms with Crippen LogP contribution in [-0.4, -0.2) is 24.9 Å². The molecule has 1 heterocycles. The van der Waals surface area contributed by atoms with Crippen molar-refractivity contribution in [2.75, 3.05) is 6.26 Å². The summed E-state index contributed by atoms with van der Waals surface area (Å²) in [5, 5.41) is 6.81. The molecule has 0 radical (unpaired) electrons. The van der Waals surface area contributed by atoms with Crippen LogP contribution in [0, 0.1) is 0 Å². The second-order valence-electron chi connectivity index (χ2n) is 3.11. The van der Waals surface area contributed by atoms with Gasteiger partial charge in [0.25, 0.3) is 0 Å². The number of sulfone groups is 1. The fraction of sp³-hybridized carbons (Fsp3) is 0.571. The Balaban J connectivity index is 2.61. The minimum absolute atomic E-state index is 0.245. The minimum atomic E-state index is -3.13. The van der Waals surface area contributed by atoms with E-state index in [1.54, 1.807) is 0 Å². The normalized spacial score (nSPS) is 16.4. The van der Waals surface area contributed by atoms with Crippen molar-refractivity contribution in [3.05, 3.63) is 11.3 Å². The van der Waals surface area contributed by atoms with Gasteiger partial charge in [0.15, 0.2) is 14.9 Å². The topological polar surface area (TPSA) is 62.8 Å².